The van der Waals surface area contributed by atoms with E-state index < -0.39 is 29.2 Å². The van der Waals surface area contributed by atoms with Crippen molar-refractivity contribution in [2.75, 3.05) is 0 Å². The lowest BCUT2D eigenvalue weighted by molar-refractivity contribution is -0.158. The molecule has 0 saturated carbocycles. The Morgan fingerprint density at radius 2 is 1.07 bits per heavy atom. The van der Waals surface area contributed by atoms with Crippen LogP contribution in [0.25, 0.3) is 0 Å². The minimum Gasteiger partial charge on any atom is -0.458 e. The minimum atomic E-state index is -0.851. The number of rotatable bonds is 10. The van der Waals surface area contributed by atoms with Crippen LogP contribution >= 0.6 is 0 Å². The molecule has 0 bridgehead atoms. The Hall–Kier alpha value is -4.22. The van der Waals surface area contributed by atoms with Crippen LogP contribution in [0.4, 0.5) is 0 Å². The Labute approximate surface area is 237 Å². The van der Waals surface area contributed by atoms with Crippen LogP contribution in [0, 0.1) is 0 Å². The van der Waals surface area contributed by atoms with Gasteiger partial charge >= 0.3 is 5.97 Å². The van der Waals surface area contributed by atoms with Gasteiger partial charge in [0.1, 0.15) is 11.6 Å². The lowest BCUT2D eigenvalue weighted by Gasteiger charge is -2.40. The van der Waals surface area contributed by atoms with Crippen LogP contribution in [0.5, 0.6) is 0 Å². The van der Waals surface area contributed by atoms with Crippen molar-refractivity contribution in [3.8, 4) is 0 Å². The third kappa shape index (κ3) is 7.04. The molecule has 4 aromatic rings. The fraction of sp³-hybridized carbons (Fsp3) is 0.257. The Balaban J connectivity index is 1.81. The molecule has 4 aromatic carbocycles. The van der Waals surface area contributed by atoms with E-state index >= 15 is 0 Å². The maximum atomic E-state index is 14.0. The number of benzene rings is 4. The molecular weight excluding hydrogens is 496 g/mol. The van der Waals surface area contributed by atoms with E-state index in [1.807, 2.05) is 106 Å². The molecule has 2 atom stereocenters. The van der Waals surface area contributed by atoms with Crippen molar-refractivity contribution in [2.24, 2.45) is 0 Å². The van der Waals surface area contributed by atoms with Crippen molar-refractivity contribution in [2.45, 2.75) is 57.3 Å². The van der Waals surface area contributed by atoms with E-state index in [1.54, 1.807) is 6.92 Å². The van der Waals surface area contributed by atoms with Gasteiger partial charge in [-0.25, -0.2) is 4.79 Å². The number of hydrogen-bond donors (Lipinski definition) is 2. The molecule has 4 rings (SSSR count). The Kier molecular flexibility index (Phi) is 9.18. The number of ether oxygens (including phenoxy) is 1. The zero-order valence-electron chi connectivity index (χ0n) is 23.6. The van der Waals surface area contributed by atoms with Gasteiger partial charge in [0.05, 0.1) is 11.6 Å². The molecule has 5 heteroatoms. The zero-order chi connectivity index (χ0) is 28.6. The van der Waals surface area contributed by atoms with Crippen molar-refractivity contribution in [1.29, 1.82) is 0 Å². The van der Waals surface area contributed by atoms with E-state index in [1.165, 1.54) is 0 Å². The fourth-order valence-electron chi connectivity index (χ4n) is 4.90. The number of esters is 1. The standard InChI is InChI=1S/C35H38N2O3/c1-26(33(39)40-34(2,3)4)36-32(38)31(25-27-17-9-5-10-18-27)37-35(28-19-11-6-12-20-28,29-21-13-7-14-22-29)30-23-15-8-16-24-30/h5-24,26,31,37H,25H2,1-4H3,(H,36,38)/t26-,31-/m0/s1. The third-order valence-electron chi connectivity index (χ3n) is 6.73. The Bertz CT molecular complexity index is 1270. The summed E-state index contributed by atoms with van der Waals surface area (Å²) in [4.78, 5) is 26.8. The van der Waals surface area contributed by atoms with Gasteiger partial charge in [-0.3, -0.25) is 10.1 Å². The summed E-state index contributed by atoms with van der Waals surface area (Å²) in [5.41, 5.74) is 2.50. The third-order valence-corrected chi connectivity index (χ3v) is 6.73. The molecule has 0 spiro atoms. The van der Waals surface area contributed by atoms with Crippen LogP contribution < -0.4 is 10.6 Å². The number of carbonyl (C=O) groups excluding carboxylic acids is 2. The molecule has 0 unspecified atom stereocenters. The highest BCUT2D eigenvalue weighted by atomic mass is 16.6. The van der Waals surface area contributed by atoms with Gasteiger partial charge in [-0.2, -0.15) is 0 Å². The monoisotopic (exact) mass is 534 g/mol. The van der Waals surface area contributed by atoms with E-state index in [2.05, 4.69) is 47.0 Å². The molecule has 0 aliphatic carbocycles. The molecule has 206 valence electrons. The lowest BCUT2D eigenvalue weighted by atomic mass is 9.76. The van der Waals surface area contributed by atoms with Gasteiger partial charge in [-0.05, 0) is 56.4 Å². The number of hydrogen-bond acceptors (Lipinski definition) is 4. The van der Waals surface area contributed by atoms with Gasteiger partial charge in [0.2, 0.25) is 5.91 Å². The second-order valence-corrected chi connectivity index (χ2v) is 11.0. The van der Waals surface area contributed by atoms with Crippen LogP contribution in [0.1, 0.15) is 49.9 Å². The molecule has 0 aliphatic heterocycles. The van der Waals surface area contributed by atoms with E-state index in [0.717, 1.165) is 22.3 Å². The van der Waals surface area contributed by atoms with Crippen LogP contribution in [0.3, 0.4) is 0 Å². The normalized spacial score (nSPS) is 13.2. The highest BCUT2D eigenvalue weighted by Crippen LogP contribution is 2.37. The molecule has 2 N–H and O–H groups in total. The first-order chi connectivity index (χ1) is 19.2. The fourth-order valence-corrected chi connectivity index (χ4v) is 4.90. The van der Waals surface area contributed by atoms with Crippen molar-refractivity contribution < 1.29 is 14.3 Å². The predicted octanol–water partition coefficient (Wildman–Crippen LogP) is 6.03. The van der Waals surface area contributed by atoms with Gasteiger partial charge in [0.25, 0.3) is 0 Å². The van der Waals surface area contributed by atoms with Crippen molar-refractivity contribution >= 4 is 11.9 Å². The minimum absolute atomic E-state index is 0.283. The van der Waals surface area contributed by atoms with Gasteiger partial charge in [-0.1, -0.05) is 121 Å². The summed E-state index contributed by atoms with van der Waals surface area (Å²) in [6, 6.07) is 38.9. The largest absolute Gasteiger partial charge is 0.458 e. The van der Waals surface area contributed by atoms with Crippen LogP contribution in [0.15, 0.2) is 121 Å². The summed E-state index contributed by atoms with van der Waals surface area (Å²) >= 11 is 0. The zero-order valence-corrected chi connectivity index (χ0v) is 23.6. The molecule has 1 amide bonds. The Morgan fingerprint density at radius 1 is 0.675 bits per heavy atom. The SMILES string of the molecule is C[C@H](NC(=O)[C@H](Cc1ccccc1)NC(c1ccccc1)(c1ccccc1)c1ccccc1)C(=O)OC(C)(C)C. The topological polar surface area (TPSA) is 67.4 Å². The first kappa shape index (κ1) is 28.8. The van der Waals surface area contributed by atoms with E-state index in [4.69, 9.17) is 4.74 Å². The van der Waals surface area contributed by atoms with E-state index in [-0.39, 0.29) is 5.91 Å². The highest BCUT2D eigenvalue weighted by Gasteiger charge is 2.40. The van der Waals surface area contributed by atoms with Gasteiger partial charge in [-0.15, -0.1) is 0 Å². The molecule has 5 nitrogen and oxygen atoms in total. The van der Waals surface area contributed by atoms with Gasteiger partial charge < -0.3 is 10.1 Å². The quantitative estimate of drug-likeness (QED) is 0.193. The molecule has 0 aliphatic rings. The number of nitrogens with one attached hydrogen (secondary N) is 2. The summed E-state index contributed by atoms with van der Waals surface area (Å²) < 4.78 is 5.53. The van der Waals surface area contributed by atoms with Crippen LogP contribution in [-0.4, -0.2) is 29.6 Å². The lowest BCUT2D eigenvalue weighted by Crippen LogP contribution is -2.57. The maximum Gasteiger partial charge on any atom is 0.328 e. The van der Waals surface area contributed by atoms with E-state index in [0.29, 0.717) is 6.42 Å². The molecule has 0 saturated heterocycles. The Morgan fingerprint density at radius 3 is 1.48 bits per heavy atom. The summed E-state index contributed by atoms with van der Waals surface area (Å²) in [6.45, 7) is 7.10. The second kappa shape index (κ2) is 12.8. The highest BCUT2D eigenvalue weighted by molar-refractivity contribution is 5.88. The smallest absolute Gasteiger partial charge is 0.328 e. The molecule has 0 radical (unpaired) electrons. The summed E-state index contributed by atoms with van der Waals surface area (Å²) in [5.74, 6) is -0.755. The van der Waals surface area contributed by atoms with Crippen molar-refractivity contribution in [3.05, 3.63) is 144 Å². The predicted molar refractivity (Wildman–Crippen MR) is 160 cm³/mol. The average molecular weight is 535 g/mol. The van der Waals surface area contributed by atoms with Crippen molar-refractivity contribution in [3.63, 3.8) is 0 Å². The summed E-state index contributed by atoms with van der Waals surface area (Å²) in [5, 5.41) is 6.72. The molecule has 40 heavy (non-hydrogen) atoms. The first-order valence-electron chi connectivity index (χ1n) is 13.7. The average Bonchev–Trinajstić information content (AvgIpc) is 2.96. The summed E-state index contributed by atoms with van der Waals surface area (Å²) in [6.07, 6.45) is 0.419. The van der Waals surface area contributed by atoms with Crippen molar-refractivity contribution in [1.82, 2.24) is 10.6 Å². The van der Waals surface area contributed by atoms with Crippen LogP contribution in [-0.2, 0) is 26.3 Å². The molecular formula is C35H38N2O3. The first-order valence-corrected chi connectivity index (χ1v) is 13.7. The van der Waals surface area contributed by atoms with Gasteiger partial charge in [0, 0.05) is 0 Å². The number of amides is 1. The van der Waals surface area contributed by atoms with E-state index in [9.17, 15) is 9.59 Å². The molecule has 0 aromatic heterocycles. The second-order valence-electron chi connectivity index (χ2n) is 11.0. The number of carbonyl (C=O) groups is 2. The molecule has 0 heterocycles. The maximum absolute atomic E-state index is 14.0. The van der Waals surface area contributed by atoms with Gasteiger partial charge in [0.15, 0.2) is 0 Å². The summed E-state index contributed by atoms with van der Waals surface area (Å²) in [7, 11) is 0. The molecule has 0 fully saturated rings. The van der Waals surface area contributed by atoms with Crippen LogP contribution in [0.2, 0.25) is 0 Å².